The molecular formula is C12H17NO5S. The lowest BCUT2D eigenvalue weighted by atomic mass is 10.1. The fourth-order valence-corrected chi connectivity index (χ4v) is 4.30. The van der Waals surface area contributed by atoms with E-state index in [2.05, 4.69) is 0 Å². The van der Waals surface area contributed by atoms with E-state index >= 15 is 0 Å². The van der Waals surface area contributed by atoms with Gasteiger partial charge in [0, 0.05) is 6.54 Å². The van der Waals surface area contributed by atoms with Gasteiger partial charge in [-0.2, -0.15) is 4.31 Å². The second kappa shape index (κ2) is 4.97. The van der Waals surface area contributed by atoms with Crippen molar-refractivity contribution >= 4 is 16.0 Å². The van der Waals surface area contributed by atoms with E-state index in [4.69, 9.17) is 9.52 Å². The van der Waals surface area contributed by atoms with Crippen molar-refractivity contribution in [3.63, 3.8) is 0 Å². The molecule has 1 aliphatic rings. The minimum atomic E-state index is -3.81. The van der Waals surface area contributed by atoms with Crippen LogP contribution in [0.25, 0.3) is 0 Å². The van der Waals surface area contributed by atoms with E-state index in [1.165, 1.54) is 6.07 Å². The normalized spacial score (nSPS) is 21.5. The lowest BCUT2D eigenvalue weighted by Crippen LogP contribution is -2.47. The number of piperidine rings is 1. The van der Waals surface area contributed by atoms with Crippen LogP contribution < -0.4 is 0 Å². The van der Waals surface area contributed by atoms with Gasteiger partial charge in [0.15, 0.2) is 0 Å². The first-order valence-corrected chi connectivity index (χ1v) is 7.59. The van der Waals surface area contributed by atoms with Crippen molar-refractivity contribution in [3.8, 4) is 0 Å². The van der Waals surface area contributed by atoms with Crippen LogP contribution in [0, 0.1) is 13.8 Å². The van der Waals surface area contributed by atoms with Gasteiger partial charge in [0.1, 0.15) is 22.5 Å². The van der Waals surface area contributed by atoms with Gasteiger partial charge in [-0.25, -0.2) is 8.42 Å². The largest absolute Gasteiger partial charge is 0.480 e. The number of nitrogens with zero attached hydrogens (tertiary/aromatic N) is 1. The molecule has 0 radical (unpaired) electrons. The van der Waals surface area contributed by atoms with Gasteiger partial charge in [0.25, 0.3) is 0 Å². The first-order chi connectivity index (χ1) is 8.84. The summed E-state index contributed by atoms with van der Waals surface area (Å²) in [5, 5.41) is 9.16. The van der Waals surface area contributed by atoms with Gasteiger partial charge >= 0.3 is 5.97 Å². The van der Waals surface area contributed by atoms with Crippen molar-refractivity contribution in [1.82, 2.24) is 4.31 Å². The van der Waals surface area contributed by atoms with E-state index in [9.17, 15) is 13.2 Å². The molecule has 19 heavy (non-hydrogen) atoms. The summed E-state index contributed by atoms with van der Waals surface area (Å²) in [6.45, 7) is 3.47. The number of furan rings is 1. The summed E-state index contributed by atoms with van der Waals surface area (Å²) in [5.41, 5.74) is 0. The standard InChI is InChI=1S/C12H17NO5S/c1-8-7-11(9(2)18-8)19(16,17)13-6-4-3-5-10(13)12(14)15/h7,10H,3-6H2,1-2H3,(H,14,15). The molecule has 1 atom stereocenters. The van der Waals surface area contributed by atoms with Gasteiger partial charge < -0.3 is 9.52 Å². The molecule has 0 aliphatic carbocycles. The highest BCUT2D eigenvalue weighted by Gasteiger charge is 2.39. The number of sulfonamides is 1. The van der Waals surface area contributed by atoms with Crippen molar-refractivity contribution in [3.05, 3.63) is 17.6 Å². The zero-order valence-electron chi connectivity index (χ0n) is 10.9. The highest BCUT2D eigenvalue weighted by molar-refractivity contribution is 7.89. The summed E-state index contributed by atoms with van der Waals surface area (Å²) >= 11 is 0. The van der Waals surface area contributed by atoms with Crippen LogP contribution in [0.1, 0.15) is 30.8 Å². The van der Waals surface area contributed by atoms with Crippen molar-refractivity contribution in [1.29, 1.82) is 0 Å². The molecule has 1 aromatic heterocycles. The van der Waals surface area contributed by atoms with Crippen LogP contribution in [-0.2, 0) is 14.8 Å². The van der Waals surface area contributed by atoms with Crippen LogP contribution in [0.5, 0.6) is 0 Å². The summed E-state index contributed by atoms with van der Waals surface area (Å²) in [4.78, 5) is 11.3. The van der Waals surface area contributed by atoms with E-state index in [1.54, 1.807) is 13.8 Å². The van der Waals surface area contributed by atoms with Crippen LogP contribution in [0.4, 0.5) is 0 Å². The number of carboxylic acid groups (broad SMARTS) is 1. The quantitative estimate of drug-likeness (QED) is 0.910. The van der Waals surface area contributed by atoms with Crippen LogP contribution in [0.2, 0.25) is 0 Å². The summed E-state index contributed by atoms with van der Waals surface area (Å²) < 4.78 is 31.4. The maximum atomic E-state index is 12.5. The van der Waals surface area contributed by atoms with E-state index < -0.39 is 22.0 Å². The van der Waals surface area contributed by atoms with Crippen molar-refractivity contribution in [2.24, 2.45) is 0 Å². The Morgan fingerprint density at radius 3 is 2.63 bits per heavy atom. The molecule has 0 aromatic carbocycles. The predicted octanol–water partition coefficient (Wildman–Crippen LogP) is 1.52. The van der Waals surface area contributed by atoms with Gasteiger partial charge in [-0.3, -0.25) is 4.79 Å². The molecule has 1 aliphatic heterocycles. The van der Waals surface area contributed by atoms with E-state index in [0.29, 0.717) is 24.4 Å². The Labute approximate surface area is 112 Å². The number of aryl methyl sites for hydroxylation is 2. The van der Waals surface area contributed by atoms with E-state index in [1.807, 2.05) is 0 Å². The third-order valence-electron chi connectivity index (χ3n) is 3.32. The smallest absolute Gasteiger partial charge is 0.322 e. The first-order valence-electron chi connectivity index (χ1n) is 6.15. The monoisotopic (exact) mass is 287 g/mol. The zero-order chi connectivity index (χ0) is 14.2. The Morgan fingerprint density at radius 2 is 2.11 bits per heavy atom. The molecule has 1 saturated heterocycles. The maximum absolute atomic E-state index is 12.5. The zero-order valence-corrected chi connectivity index (χ0v) is 11.7. The summed E-state index contributed by atoms with van der Waals surface area (Å²) in [7, 11) is -3.81. The lowest BCUT2D eigenvalue weighted by Gasteiger charge is -2.31. The third-order valence-corrected chi connectivity index (χ3v) is 5.34. The molecule has 6 nitrogen and oxygen atoms in total. The Hall–Kier alpha value is -1.34. The summed E-state index contributed by atoms with van der Waals surface area (Å²) in [5.74, 6) is -0.298. The van der Waals surface area contributed by atoms with Crippen molar-refractivity contribution < 1.29 is 22.7 Å². The molecule has 1 N–H and O–H groups in total. The molecule has 2 heterocycles. The summed E-state index contributed by atoms with van der Waals surface area (Å²) in [6.07, 6.45) is 1.76. The minimum absolute atomic E-state index is 0.0677. The van der Waals surface area contributed by atoms with E-state index in [0.717, 1.165) is 10.7 Å². The Bertz CT molecular complexity index is 589. The van der Waals surface area contributed by atoms with Crippen LogP contribution in [0.3, 0.4) is 0 Å². The SMILES string of the molecule is Cc1cc(S(=O)(=O)N2CCCCC2C(=O)O)c(C)o1. The second-order valence-corrected chi connectivity index (χ2v) is 6.60. The molecule has 0 amide bonds. The molecule has 2 rings (SSSR count). The Morgan fingerprint density at radius 1 is 1.42 bits per heavy atom. The fourth-order valence-electron chi connectivity index (χ4n) is 2.43. The van der Waals surface area contributed by atoms with Gasteiger partial charge in [0.2, 0.25) is 10.0 Å². The molecule has 1 aromatic rings. The highest BCUT2D eigenvalue weighted by atomic mass is 32.2. The van der Waals surface area contributed by atoms with Crippen LogP contribution in [0.15, 0.2) is 15.4 Å². The third kappa shape index (κ3) is 2.52. The molecule has 1 unspecified atom stereocenters. The maximum Gasteiger partial charge on any atom is 0.322 e. The van der Waals surface area contributed by atoms with Gasteiger partial charge in [0.05, 0.1) is 0 Å². The van der Waals surface area contributed by atoms with Crippen LogP contribution in [-0.4, -0.2) is 36.4 Å². The van der Waals surface area contributed by atoms with Gasteiger partial charge in [-0.05, 0) is 39.2 Å². The van der Waals surface area contributed by atoms with Crippen molar-refractivity contribution in [2.45, 2.75) is 44.0 Å². The number of hydrogen-bond donors (Lipinski definition) is 1. The highest BCUT2D eigenvalue weighted by Crippen LogP contribution is 2.28. The summed E-state index contributed by atoms with van der Waals surface area (Å²) in [6, 6.07) is 0.464. The lowest BCUT2D eigenvalue weighted by molar-refractivity contribution is -0.142. The molecule has 0 saturated carbocycles. The average Bonchev–Trinajstić information content (AvgIpc) is 2.69. The Balaban J connectivity index is 2.43. The number of hydrogen-bond acceptors (Lipinski definition) is 4. The van der Waals surface area contributed by atoms with Crippen molar-refractivity contribution in [2.75, 3.05) is 6.54 Å². The molecule has 1 fully saturated rings. The number of rotatable bonds is 3. The second-order valence-electron chi connectivity index (χ2n) is 4.74. The van der Waals surface area contributed by atoms with Crippen LogP contribution >= 0.6 is 0 Å². The topological polar surface area (TPSA) is 87.8 Å². The van der Waals surface area contributed by atoms with Gasteiger partial charge in [-0.1, -0.05) is 0 Å². The number of carboxylic acids is 1. The molecule has 0 bridgehead atoms. The number of carbonyl (C=O) groups is 1. The first kappa shape index (κ1) is 14.1. The molecule has 7 heteroatoms. The Kier molecular flexibility index (Phi) is 3.69. The molecule has 0 spiro atoms. The molecule has 106 valence electrons. The van der Waals surface area contributed by atoms with E-state index in [-0.39, 0.29) is 11.4 Å². The average molecular weight is 287 g/mol. The molecular weight excluding hydrogens is 270 g/mol. The number of aliphatic carboxylic acids is 1. The fraction of sp³-hybridized carbons (Fsp3) is 0.583. The minimum Gasteiger partial charge on any atom is -0.480 e. The van der Waals surface area contributed by atoms with Gasteiger partial charge in [-0.15, -0.1) is 0 Å². The predicted molar refractivity (Wildman–Crippen MR) is 67.3 cm³/mol.